The number of rotatable bonds is 17. The van der Waals surface area contributed by atoms with Gasteiger partial charge >= 0.3 is 5.97 Å². The minimum Gasteiger partial charge on any atom is -0.463 e. The summed E-state index contributed by atoms with van der Waals surface area (Å²) in [4.78, 5) is 12.4. The second kappa shape index (κ2) is 18.5. The maximum atomic E-state index is 13.1. The summed E-state index contributed by atoms with van der Waals surface area (Å²) < 4.78 is 39.9. The summed E-state index contributed by atoms with van der Waals surface area (Å²) >= 11 is 0. The average Bonchev–Trinajstić information content (AvgIpc) is 3.15. The van der Waals surface area contributed by atoms with Gasteiger partial charge in [0.05, 0.1) is 19.8 Å². The molecular weight excluding hydrogens is 713 g/mol. The molecule has 0 aromatic heterocycles. The molecule has 1 heterocycles. The number of esters is 1. The second-order valence-corrected chi connectivity index (χ2v) is 26.3. The Hall–Kier alpha value is -3.46. The molecule has 1 fully saturated rings. The number of carbonyl (C=O) groups is 1. The van der Waals surface area contributed by atoms with E-state index in [4.69, 9.17) is 28.1 Å². The predicted molar refractivity (Wildman–Crippen MR) is 218 cm³/mol. The van der Waals surface area contributed by atoms with E-state index in [2.05, 4.69) is 64.7 Å². The van der Waals surface area contributed by atoms with Crippen LogP contribution in [0.25, 0.3) is 0 Å². The van der Waals surface area contributed by atoms with Crippen LogP contribution in [0.15, 0.2) is 121 Å². The highest BCUT2D eigenvalue weighted by atomic mass is 28.4. The van der Waals surface area contributed by atoms with Gasteiger partial charge in [0.15, 0.2) is 11.9 Å². The summed E-state index contributed by atoms with van der Waals surface area (Å²) in [5.74, 6) is -0.535. The van der Waals surface area contributed by atoms with Gasteiger partial charge in [0.25, 0.3) is 8.32 Å². The number of hydrogen-bond acceptors (Lipinski definition) is 8. The second-order valence-electron chi connectivity index (χ2n) is 16.4. The third-order valence-electron chi connectivity index (χ3n) is 9.98. The first kappa shape index (κ1) is 41.7. The zero-order chi connectivity index (χ0) is 38.8. The molecule has 0 bridgehead atoms. The highest BCUT2D eigenvalue weighted by Gasteiger charge is 2.60. The van der Waals surface area contributed by atoms with Crippen molar-refractivity contribution < 1.29 is 38.0 Å². The Balaban J connectivity index is 1.60. The van der Waals surface area contributed by atoms with E-state index in [1.807, 2.05) is 97.1 Å². The van der Waals surface area contributed by atoms with Gasteiger partial charge in [-0.2, -0.15) is 0 Å². The Bertz CT molecular complexity index is 1670. The van der Waals surface area contributed by atoms with Crippen LogP contribution in [-0.2, 0) is 46.1 Å². The third-order valence-corrected chi connectivity index (χ3v) is 16.7. The van der Waals surface area contributed by atoms with E-state index in [1.54, 1.807) is 0 Å². The predicted octanol–water partition coefficient (Wildman–Crippen LogP) is 7.11. The van der Waals surface area contributed by atoms with Gasteiger partial charge in [0.2, 0.25) is 0 Å². The van der Waals surface area contributed by atoms with Gasteiger partial charge in [-0.25, -0.2) is 0 Å². The Labute approximate surface area is 323 Å². The number of aliphatic hydroxyl groups is 1. The van der Waals surface area contributed by atoms with E-state index in [9.17, 15) is 9.90 Å². The summed E-state index contributed by atoms with van der Waals surface area (Å²) in [7, 11) is -4.58. The van der Waals surface area contributed by atoms with Gasteiger partial charge in [-0.3, -0.25) is 4.79 Å². The lowest BCUT2D eigenvalue weighted by Crippen LogP contribution is -2.72. The van der Waals surface area contributed by atoms with Crippen molar-refractivity contribution in [1.29, 1.82) is 0 Å². The maximum absolute atomic E-state index is 13.1. The molecule has 5 rings (SSSR count). The van der Waals surface area contributed by atoms with E-state index in [-0.39, 0.29) is 24.9 Å². The fourth-order valence-electron chi connectivity index (χ4n) is 7.05. The summed E-state index contributed by atoms with van der Waals surface area (Å²) in [6.07, 6.45) is -3.89. The Morgan fingerprint density at radius 1 is 0.741 bits per heavy atom. The molecule has 1 aliphatic heterocycles. The molecule has 10 heteroatoms. The van der Waals surface area contributed by atoms with E-state index < -0.39 is 59.2 Å². The van der Waals surface area contributed by atoms with Gasteiger partial charge in [0, 0.05) is 21.6 Å². The van der Waals surface area contributed by atoms with Crippen molar-refractivity contribution in [3.05, 3.63) is 132 Å². The lowest BCUT2D eigenvalue weighted by atomic mass is 9.84. The third kappa shape index (κ3) is 10.4. The minimum atomic E-state index is -3.09. The number of benzene rings is 4. The normalized spacial score (nSPS) is 22.1. The van der Waals surface area contributed by atoms with Crippen LogP contribution >= 0.6 is 0 Å². The Morgan fingerprint density at radius 3 is 1.69 bits per heavy atom. The molecule has 4 aromatic rings. The monoisotopic (exact) mass is 770 g/mol. The minimum absolute atomic E-state index is 0.0322. The van der Waals surface area contributed by atoms with Gasteiger partial charge < -0.3 is 33.2 Å². The lowest BCUT2D eigenvalue weighted by molar-refractivity contribution is -0.352. The standard InChI is InChI=1S/C44H58O8Si2/c1-34(45)50-33-44(46)39(32-51-54(43(2,3)4,37-24-16-10-17-25-37)38-26-18-11-19-27-38)52-42(47-28-29-53(5,6)7)40(48-30-35-20-12-8-13-21-35)41(44)49-31-36-22-14-9-15-23-36/h8-27,39-42,46H,28-33H2,1-7H3/t39-,40-,41-,42-,44+/m1/s1. The maximum Gasteiger partial charge on any atom is 0.302 e. The smallest absolute Gasteiger partial charge is 0.302 e. The molecule has 5 atom stereocenters. The van der Waals surface area contributed by atoms with Crippen LogP contribution in [0.5, 0.6) is 0 Å². The van der Waals surface area contributed by atoms with Crippen LogP contribution in [0.4, 0.5) is 0 Å². The molecule has 8 nitrogen and oxygen atoms in total. The number of hydrogen-bond donors (Lipinski definition) is 1. The summed E-state index contributed by atoms with van der Waals surface area (Å²) in [5, 5.41) is 14.9. The molecule has 1 saturated heterocycles. The van der Waals surface area contributed by atoms with Gasteiger partial charge in [-0.15, -0.1) is 0 Å². The van der Waals surface area contributed by atoms with Gasteiger partial charge in [0.1, 0.15) is 24.9 Å². The van der Waals surface area contributed by atoms with Crippen LogP contribution in [0, 0.1) is 0 Å². The molecule has 0 unspecified atom stereocenters. The fourth-order valence-corrected chi connectivity index (χ4v) is 12.3. The van der Waals surface area contributed by atoms with E-state index in [0.29, 0.717) is 6.61 Å². The summed E-state index contributed by atoms with van der Waals surface area (Å²) in [6.45, 7) is 15.2. The molecule has 1 aliphatic rings. The van der Waals surface area contributed by atoms with Gasteiger partial charge in [-0.05, 0) is 32.6 Å². The van der Waals surface area contributed by atoms with Crippen LogP contribution in [0.1, 0.15) is 38.8 Å². The molecule has 4 aromatic carbocycles. The highest BCUT2D eigenvalue weighted by molar-refractivity contribution is 6.99. The topological polar surface area (TPSA) is 92.7 Å². The van der Waals surface area contributed by atoms with E-state index >= 15 is 0 Å². The zero-order valence-electron chi connectivity index (χ0n) is 32.9. The molecule has 0 amide bonds. The van der Waals surface area contributed by atoms with Crippen molar-refractivity contribution in [3.63, 3.8) is 0 Å². The fraction of sp³-hybridized carbons (Fsp3) is 0.432. The first-order valence-electron chi connectivity index (χ1n) is 18.9. The molecule has 0 aliphatic carbocycles. The number of carbonyl (C=O) groups excluding carboxylic acids is 1. The van der Waals surface area contributed by atoms with E-state index in [1.165, 1.54) is 6.92 Å². The first-order valence-corrected chi connectivity index (χ1v) is 24.5. The van der Waals surface area contributed by atoms with Crippen molar-refractivity contribution in [2.75, 3.05) is 19.8 Å². The average molecular weight is 771 g/mol. The van der Waals surface area contributed by atoms with Crippen molar-refractivity contribution in [3.8, 4) is 0 Å². The Morgan fingerprint density at radius 2 is 1.22 bits per heavy atom. The first-order chi connectivity index (χ1) is 25.7. The summed E-state index contributed by atoms with van der Waals surface area (Å²) in [6, 6.07) is 41.1. The number of ether oxygens (including phenoxy) is 5. The van der Waals surface area contributed by atoms with Crippen LogP contribution < -0.4 is 10.4 Å². The molecule has 290 valence electrons. The van der Waals surface area contributed by atoms with Crippen LogP contribution in [0.2, 0.25) is 30.7 Å². The summed E-state index contributed by atoms with van der Waals surface area (Å²) in [5.41, 5.74) is -0.0379. The molecule has 54 heavy (non-hydrogen) atoms. The largest absolute Gasteiger partial charge is 0.463 e. The highest BCUT2D eigenvalue weighted by Crippen LogP contribution is 2.40. The quantitative estimate of drug-likeness (QED) is 0.0898. The molecular formula is C44H58O8Si2. The van der Waals surface area contributed by atoms with Crippen LogP contribution in [0.3, 0.4) is 0 Å². The van der Waals surface area contributed by atoms with Gasteiger partial charge in [-0.1, -0.05) is 162 Å². The SMILES string of the molecule is CC(=O)OC[C@@]1(O)[C@H](OCc2ccccc2)[C@@H](OCc2ccccc2)[C@H](OCC[Si](C)(C)C)O[C@@H]1CO[Si](c1ccccc1)(c1ccccc1)C(C)(C)C. The van der Waals surface area contributed by atoms with Crippen molar-refractivity contribution in [2.24, 2.45) is 0 Å². The Kier molecular flexibility index (Phi) is 14.2. The molecule has 0 spiro atoms. The zero-order valence-corrected chi connectivity index (χ0v) is 34.9. The lowest BCUT2D eigenvalue weighted by Gasteiger charge is -2.52. The molecule has 0 radical (unpaired) electrons. The molecule has 1 N–H and O–H groups in total. The van der Waals surface area contributed by atoms with Crippen LogP contribution in [-0.4, -0.2) is 77.5 Å². The van der Waals surface area contributed by atoms with Crippen molar-refractivity contribution >= 4 is 32.7 Å². The van der Waals surface area contributed by atoms with Crippen molar-refractivity contribution in [2.45, 2.75) is 102 Å². The van der Waals surface area contributed by atoms with E-state index in [0.717, 1.165) is 27.5 Å². The van der Waals surface area contributed by atoms with Crippen molar-refractivity contribution in [1.82, 2.24) is 0 Å². The molecule has 0 saturated carbocycles.